The monoisotopic (exact) mass is 480 g/mol. The number of hydrogen-bond donors (Lipinski definition) is 1. The van der Waals surface area contributed by atoms with Crippen LogP contribution >= 0.6 is 0 Å². The highest BCUT2D eigenvalue weighted by atomic mass is 16.5. The maximum absolute atomic E-state index is 13.2. The van der Waals surface area contributed by atoms with Gasteiger partial charge in [0.2, 0.25) is 0 Å². The van der Waals surface area contributed by atoms with E-state index >= 15 is 0 Å². The molecule has 0 aliphatic carbocycles. The molecule has 5 rings (SSSR count). The molecule has 0 aliphatic rings. The fraction of sp³-hybridized carbons (Fsp3) is 0.207. The first kappa shape index (κ1) is 23.4. The molecule has 0 atom stereocenters. The molecular weight excluding hydrogens is 452 g/mol. The summed E-state index contributed by atoms with van der Waals surface area (Å²) in [7, 11) is 0. The lowest BCUT2D eigenvalue weighted by Gasteiger charge is -2.10. The minimum absolute atomic E-state index is 0.180. The molecule has 1 amide bonds. The SMILES string of the molecule is Cc1cccc(OCc2c(C(=O)Nc3c(C)nn(Cc4cccc5ccccc45)c3C)noc2C)c1. The molecule has 0 saturated carbocycles. The number of carbonyl (C=O) groups excluding carboxylic acids is 1. The summed E-state index contributed by atoms with van der Waals surface area (Å²) < 4.78 is 13.2. The molecule has 182 valence electrons. The first-order valence-corrected chi connectivity index (χ1v) is 11.9. The Balaban J connectivity index is 1.36. The second kappa shape index (κ2) is 9.70. The first-order chi connectivity index (χ1) is 17.4. The second-order valence-corrected chi connectivity index (χ2v) is 8.97. The summed E-state index contributed by atoms with van der Waals surface area (Å²) in [4.78, 5) is 13.2. The predicted molar refractivity (Wildman–Crippen MR) is 139 cm³/mol. The number of ether oxygens (including phenoxy) is 1. The van der Waals surface area contributed by atoms with Crippen LogP contribution in [0.1, 0.15) is 44.3 Å². The molecule has 7 heteroatoms. The number of benzene rings is 3. The molecule has 36 heavy (non-hydrogen) atoms. The zero-order valence-corrected chi connectivity index (χ0v) is 20.8. The minimum Gasteiger partial charge on any atom is -0.489 e. The number of nitrogens with one attached hydrogen (secondary N) is 1. The Morgan fingerprint density at radius 3 is 2.61 bits per heavy atom. The third kappa shape index (κ3) is 4.60. The summed E-state index contributed by atoms with van der Waals surface area (Å²) in [6, 6.07) is 22.3. The quantitative estimate of drug-likeness (QED) is 0.303. The van der Waals surface area contributed by atoms with Gasteiger partial charge in [-0.15, -0.1) is 0 Å². The van der Waals surface area contributed by atoms with Crippen LogP contribution in [0.25, 0.3) is 10.8 Å². The van der Waals surface area contributed by atoms with Crippen LogP contribution in [0.2, 0.25) is 0 Å². The molecule has 2 heterocycles. The van der Waals surface area contributed by atoms with Crippen molar-refractivity contribution in [1.29, 1.82) is 0 Å². The van der Waals surface area contributed by atoms with Gasteiger partial charge in [-0.3, -0.25) is 9.48 Å². The molecule has 0 fully saturated rings. The summed E-state index contributed by atoms with van der Waals surface area (Å²) in [6.45, 7) is 8.40. The highest BCUT2D eigenvalue weighted by molar-refractivity contribution is 6.04. The van der Waals surface area contributed by atoms with Gasteiger partial charge < -0.3 is 14.6 Å². The van der Waals surface area contributed by atoms with E-state index in [1.807, 2.05) is 61.9 Å². The van der Waals surface area contributed by atoms with Crippen LogP contribution in [0, 0.1) is 27.7 Å². The number of rotatable bonds is 7. The third-order valence-corrected chi connectivity index (χ3v) is 6.39. The van der Waals surface area contributed by atoms with E-state index in [0.717, 1.165) is 22.7 Å². The van der Waals surface area contributed by atoms with Crippen molar-refractivity contribution in [2.24, 2.45) is 0 Å². The largest absolute Gasteiger partial charge is 0.489 e. The smallest absolute Gasteiger partial charge is 0.278 e. The number of anilines is 1. The maximum atomic E-state index is 13.2. The lowest BCUT2D eigenvalue weighted by molar-refractivity contribution is 0.101. The fourth-order valence-electron chi connectivity index (χ4n) is 4.40. The zero-order chi connectivity index (χ0) is 25.2. The molecule has 0 saturated heterocycles. The standard InChI is InChI=1S/C29H28N4O3/c1-18-9-7-13-24(15-18)35-17-26-21(4)36-32-28(26)29(34)30-27-19(2)31-33(20(27)3)16-23-12-8-11-22-10-5-6-14-25(22)23/h5-15H,16-17H2,1-4H3,(H,30,34). The molecular formula is C29H28N4O3. The first-order valence-electron chi connectivity index (χ1n) is 11.9. The molecule has 0 bridgehead atoms. The lowest BCUT2D eigenvalue weighted by Crippen LogP contribution is -2.16. The van der Waals surface area contributed by atoms with Crippen LogP contribution in [-0.4, -0.2) is 20.8 Å². The van der Waals surface area contributed by atoms with Gasteiger partial charge >= 0.3 is 0 Å². The van der Waals surface area contributed by atoms with E-state index in [0.29, 0.717) is 23.6 Å². The second-order valence-electron chi connectivity index (χ2n) is 8.97. The molecule has 2 aromatic heterocycles. The molecule has 7 nitrogen and oxygen atoms in total. The van der Waals surface area contributed by atoms with Crippen molar-refractivity contribution >= 4 is 22.4 Å². The van der Waals surface area contributed by atoms with Crippen LogP contribution in [0.15, 0.2) is 71.3 Å². The van der Waals surface area contributed by atoms with E-state index in [9.17, 15) is 4.79 Å². The number of amides is 1. The van der Waals surface area contributed by atoms with Gasteiger partial charge in [0.15, 0.2) is 5.69 Å². The van der Waals surface area contributed by atoms with E-state index in [-0.39, 0.29) is 18.2 Å². The van der Waals surface area contributed by atoms with Crippen molar-refractivity contribution in [3.63, 3.8) is 0 Å². The zero-order valence-electron chi connectivity index (χ0n) is 20.8. The lowest BCUT2D eigenvalue weighted by atomic mass is 10.0. The van der Waals surface area contributed by atoms with Crippen molar-refractivity contribution < 1.29 is 14.1 Å². The van der Waals surface area contributed by atoms with Crippen molar-refractivity contribution in [3.05, 3.63) is 106 Å². The van der Waals surface area contributed by atoms with Crippen LogP contribution in [0.3, 0.4) is 0 Å². The Hall–Kier alpha value is -4.39. The van der Waals surface area contributed by atoms with Crippen LogP contribution in [-0.2, 0) is 13.2 Å². The van der Waals surface area contributed by atoms with E-state index < -0.39 is 0 Å². The minimum atomic E-state index is -0.356. The molecule has 0 radical (unpaired) electrons. The highest BCUT2D eigenvalue weighted by Gasteiger charge is 2.23. The Bertz CT molecular complexity index is 1560. The van der Waals surface area contributed by atoms with Crippen molar-refractivity contribution in [2.45, 2.75) is 40.8 Å². The van der Waals surface area contributed by atoms with Gasteiger partial charge in [0, 0.05) is 0 Å². The Morgan fingerprint density at radius 1 is 1.00 bits per heavy atom. The van der Waals surface area contributed by atoms with Gasteiger partial charge in [0.1, 0.15) is 18.1 Å². The average Bonchev–Trinajstić information content (AvgIpc) is 3.37. The van der Waals surface area contributed by atoms with E-state index in [2.05, 4.69) is 40.8 Å². The Kier molecular flexibility index (Phi) is 6.29. The van der Waals surface area contributed by atoms with E-state index in [1.165, 1.54) is 16.3 Å². The van der Waals surface area contributed by atoms with Gasteiger partial charge in [-0.1, -0.05) is 59.8 Å². The van der Waals surface area contributed by atoms with Gasteiger partial charge in [0.05, 0.1) is 29.2 Å². The maximum Gasteiger partial charge on any atom is 0.278 e. The van der Waals surface area contributed by atoms with Gasteiger partial charge in [-0.25, -0.2) is 0 Å². The fourth-order valence-corrected chi connectivity index (χ4v) is 4.40. The normalized spacial score (nSPS) is 11.1. The van der Waals surface area contributed by atoms with Gasteiger partial charge in [-0.05, 0) is 61.7 Å². The summed E-state index contributed by atoms with van der Waals surface area (Å²) in [5, 5.41) is 14.1. The van der Waals surface area contributed by atoms with Gasteiger partial charge in [-0.2, -0.15) is 5.10 Å². The molecule has 1 N–H and O–H groups in total. The molecule has 0 spiro atoms. The van der Waals surface area contributed by atoms with E-state index in [4.69, 9.17) is 14.4 Å². The highest BCUT2D eigenvalue weighted by Crippen LogP contribution is 2.25. The van der Waals surface area contributed by atoms with E-state index in [1.54, 1.807) is 6.92 Å². The molecule has 3 aromatic carbocycles. The topological polar surface area (TPSA) is 82.2 Å². The number of hydrogen-bond acceptors (Lipinski definition) is 5. The van der Waals surface area contributed by atoms with Crippen LogP contribution < -0.4 is 10.1 Å². The number of carbonyl (C=O) groups is 1. The predicted octanol–water partition coefficient (Wildman–Crippen LogP) is 6.14. The van der Waals surface area contributed by atoms with Crippen molar-refractivity contribution in [3.8, 4) is 5.75 Å². The van der Waals surface area contributed by atoms with Crippen molar-refractivity contribution in [2.75, 3.05) is 5.32 Å². The molecule has 0 aliphatic heterocycles. The number of fused-ring (bicyclic) bond motifs is 1. The number of aryl methyl sites for hydroxylation is 3. The Labute approximate surface area is 209 Å². The summed E-state index contributed by atoms with van der Waals surface area (Å²) in [6.07, 6.45) is 0. The number of nitrogens with zero attached hydrogens (tertiary/aromatic N) is 3. The Morgan fingerprint density at radius 2 is 1.78 bits per heavy atom. The number of aromatic nitrogens is 3. The molecule has 0 unspecified atom stereocenters. The summed E-state index contributed by atoms with van der Waals surface area (Å²) in [5.74, 6) is 0.918. The van der Waals surface area contributed by atoms with Crippen molar-refractivity contribution in [1.82, 2.24) is 14.9 Å². The molecule has 5 aromatic rings. The third-order valence-electron chi connectivity index (χ3n) is 6.39. The summed E-state index contributed by atoms with van der Waals surface area (Å²) >= 11 is 0. The van der Waals surface area contributed by atoms with Crippen LogP contribution in [0.4, 0.5) is 5.69 Å². The average molecular weight is 481 g/mol. The van der Waals surface area contributed by atoms with Crippen LogP contribution in [0.5, 0.6) is 5.75 Å². The summed E-state index contributed by atoms with van der Waals surface area (Å²) in [5.41, 5.74) is 5.36. The van der Waals surface area contributed by atoms with Gasteiger partial charge in [0.25, 0.3) is 5.91 Å².